The minimum atomic E-state index is -0.364. The van der Waals surface area contributed by atoms with Gasteiger partial charge in [-0.25, -0.2) is 4.98 Å². The Morgan fingerprint density at radius 1 is 1.42 bits per heavy atom. The Kier molecular flexibility index (Phi) is 2.98. The molecule has 2 aromatic heterocycles. The highest BCUT2D eigenvalue weighted by Gasteiger charge is 2.22. The Bertz CT molecular complexity index is 607. The summed E-state index contributed by atoms with van der Waals surface area (Å²) in [5.41, 5.74) is 2.96. The first-order valence-corrected chi connectivity index (χ1v) is 6.47. The number of methoxy groups -OCH3 is 1. The van der Waals surface area contributed by atoms with E-state index in [1.54, 1.807) is 13.2 Å². The summed E-state index contributed by atoms with van der Waals surface area (Å²) in [6.45, 7) is 1.92. The van der Waals surface area contributed by atoms with Crippen LogP contribution in [-0.2, 0) is 6.42 Å². The number of fused-ring (bicyclic) bond motifs is 1. The van der Waals surface area contributed by atoms with Gasteiger partial charge in [-0.1, -0.05) is 0 Å². The first-order chi connectivity index (χ1) is 9.19. The van der Waals surface area contributed by atoms with Crippen LogP contribution in [0.5, 0.6) is 5.88 Å². The largest absolute Gasteiger partial charge is 0.481 e. The van der Waals surface area contributed by atoms with E-state index in [0.29, 0.717) is 11.8 Å². The highest BCUT2D eigenvalue weighted by atomic mass is 16.5. The molecule has 1 N–H and O–H groups in total. The third-order valence-corrected chi connectivity index (χ3v) is 3.52. The Balaban J connectivity index is 2.10. The van der Waals surface area contributed by atoms with Crippen LogP contribution in [0, 0.1) is 6.92 Å². The zero-order valence-electron chi connectivity index (χ0n) is 11.1. The molecule has 0 saturated carbocycles. The summed E-state index contributed by atoms with van der Waals surface area (Å²) in [4.78, 5) is 8.82. The molecule has 2 aromatic rings. The van der Waals surface area contributed by atoms with Gasteiger partial charge in [-0.3, -0.25) is 4.57 Å². The van der Waals surface area contributed by atoms with Gasteiger partial charge in [0.1, 0.15) is 0 Å². The maximum atomic E-state index is 10.00. The second-order valence-corrected chi connectivity index (χ2v) is 4.85. The van der Waals surface area contributed by atoms with Gasteiger partial charge >= 0.3 is 0 Å². The van der Waals surface area contributed by atoms with Crippen molar-refractivity contribution in [2.24, 2.45) is 0 Å². The lowest BCUT2D eigenvalue weighted by Gasteiger charge is -2.19. The lowest BCUT2D eigenvalue weighted by atomic mass is 9.95. The van der Waals surface area contributed by atoms with Crippen LogP contribution in [0.4, 0.5) is 0 Å². The van der Waals surface area contributed by atoms with Crippen LogP contribution in [0.3, 0.4) is 0 Å². The van der Waals surface area contributed by atoms with Gasteiger partial charge in [0.15, 0.2) is 0 Å². The molecule has 1 atom stereocenters. The summed E-state index contributed by atoms with van der Waals surface area (Å²) >= 11 is 0. The zero-order valence-corrected chi connectivity index (χ0v) is 11.1. The molecule has 5 heteroatoms. The van der Waals surface area contributed by atoms with E-state index in [9.17, 15) is 5.11 Å². The van der Waals surface area contributed by atoms with Crippen molar-refractivity contribution in [3.8, 4) is 11.8 Å². The summed E-state index contributed by atoms with van der Waals surface area (Å²) in [5.74, 6) is 1.16. The summed E-state index contributed by atoms with van der Waals surface area (Å²) < 4.78 is 7.14. The van der Waals surface area contributed by atoms with Crippen LogP contribution in [0.2, 0.25) is 0 Å². The van der Waals surface area contributed by atoms with Gasteiger partial charge in [0.05, 0.1) is 13.2 Å². The van der Waals surface area contributed by atoms with Crippen molar-refractivity contribution in [1.82, 2.24) is 14.5 Å². The number of ether oxygens (including phenoxy) is 1. The fourth-order valence-corrected chi connectivity index (χ4v) is 2.59. The lowest BCUT2D eigenvalue weighted by molar-refractivity contribution is 0.156. The maximum Gasteiger partial charge on any atom is 0.237 e. The Labute approximate surface area is 111 Å². The number of nitrogens with zero attached hydrogens (tertiary/aromatic N) is 3. The van der Waals surface area contributed by atoms with Crippen molar-refractivity contribution in [2.75, 3.05) is 7.11 Å². The van der Waals surface area contributed by atoms with E-state index < -0.39 is 0 Å². The van der Waals surface area contributed by atoms with Gasteiger partial charge in [-0.15, -0.1) is 0 Å². The fourth-order valence-electron chi connectivity index (χ4n) is 2.59. The number of aromatic nitrogens is 3. The summed E-state index contributed by atoms with van der Waals surface area (Å²) in [7, 11) is 1.60. The molecular weight excluding hydrogens is 242 g/mol. The van der Waals surface area contributed by atoms with Crippen LogP contribution in [0.1, 0.15) is 35.9 Å². The van der Waals surface area contributed by atoms with E-state index in [-0.39, 0.29) is 6.10 Å². The van der Waals surface area contributed by atoms with Gasteiger partial charge in [0.2, 0.25) is 11.8 Å². The Morgan fingerprint density at radius 3 is 3.05 bits per heavy atom. The van der Waals surface area contributed by atoms with Crippen LogP contribution in [0.15, 0.2) is 18.3 Å². The number of rotatable bonds is 2. The smallest absolute Gasteiger partial charge is 0.237 e. The van der Waals surface area contributed by atoms with E-state index in [1.807, 2.05) is 23.8 Å². The molecule has 0 saturated heterocycles. The molecule has 5 nitrogen and oxygen atoms in total. The Hall–Kier alpha value is -1.88. The predicted octanol–water partition coefficient (Wildman–Crippen LogP) is 1.95. The average Bonchev–Trinajstić information content (AvgIpc) is 2.83. The molecule has 0 aliphatic heterocycles. The number of aryl methyl sites for hydroxylation is 1. The Morgan fingerprint density at radius 2 is 2.26 bits per heavy atom. The molecule has 0 fully saturated rings. The molecule has 100 valence electrons. The minimum Gasteiger partial charge on any atom is -0.481 e. The molecule has 1 unspecified atom stereocenters. The van der Waals surface area contributed by atoms with Gasteiger partial charge in [-0.2, -0.15) is 4.98 Å². The van der Waals surface area contributed by atoms with Crippen LogP contribution in [-0.4, -0.2) is 26.8 Å². The first kappa shape index (κ1) is 12.2. The van der Waals surface area contributed by atoms with Crippen molar-refractivity contribution in [3.05, 3.63) is 35.3 Å². The fraction of sp³-hybridized carbons (Fsp3) is 0.429. The molecule has 0 spiro atoms. The highest BCUT2D eigenvalue weighted by molar-refractivity contribution is 5.34. The first-order valence-electron chi connectivity index (χ1n) is 6.47. The van der Waals surface area contributed by atoms with E-state index in [1.165, 1.54) is 0 Å². The van der Waals surface area contributed by atoms with Crippen LogP contribution in [0.25, 0.3) is 5.95 Å². The second-order valence-electron chi connectivity index (χ2n) is 4.85. The molecule has 19 heavy (non-hydrogen) atoms. The van der Waals surface area contributed by atoms with E-state index >= 15 is 0 Å². The molecule has 1 aliphatic rings. The topological polar surface area (TPSA) is 60.2 Å². The summed E-state index contributed by atoms with van der Waals surface area (Å²) in [6.07, 6.45) is 4.32. The van der Waals surface area contributed by atoms with E-state index in [2.05, 4.69) is 9.97 Å². The second kappa shape index (κ2) is 4.66. The molecule has 0 radical (unpaired) electrons. The van der Waals surface area contributed by atoms with Crippen molar-refractivity contribution in [1.29, 1.82) is 0 Å². The number of hydrogen-bond acceptors (Lipinski definition) is 4. The van der Waals surface area contributed by atoms with Gasteiger partial charge < -0.3 is 9.84 Å². The predicted molar refractivity (Wildman–Crippen MR) is 70.5 cm³/mol. The summed E-state index contributed by atoms with van der Waals surface area (Å²) in [5, 5.41) is 10.00. The standard InChI is InChI=1S/C14H17N3O2/c1-9-8-13(19-2)16-14(15-9)17-7-6-10-11(17)4-3-5-12(10)18/h6-8,12,18H,3-5H2,1-2H3. The van der Waals surface area contributed by atoms with Gasteiger partial charge in [0, 0.05) is 29.2 Å². The molecular formula is C14H17N3O2. The molecule has 1 aliphatic carbocycles. The normalized spacial score (nSPS) is 18.2. The number of aliphatic hydroxyl groups is 1. The van der Waals surface area contributed by atoms with Gasteiger partial charge in [0.25, 0.3) is 0 Å². The average molecular weight is 259 g/mol. The number of aliphatic hydroxyl groups excluding tert-OH is 1. The third-order valence-electron chi connectivity index (χ3n) is 3.52. The lowest BCUT2D eigenvalue weighted by Crippen LogP contribution is -2.13. The monoisotopic (exact) mass is 259 g/mol. The molecule has 3 rings (SSSR count). The van der Waals surface area contributed by atoms with E-state index in [4.69, 9.17) is 4.74 Å². The molecule has 2 heterocycles. The van der Waals surface area contributed by atoms with Crippen molar-refractivity contribution < 1.29 is 9.84 Å². The van der Waals surface area contributed by atoms with Crippen LogP contribution >= 0.6 is 0 Å². The zero-order chi connectivity index (χ0) is 13.4. The quantitative estimate of drug-likeness (QED) is 0.895. The van der Waals surface area contributed by atoms with E-state index in [0.717, 1.165) is 36.2 Å². The highest BCUT2D eigenvalue weighted by Crippen LogP contribution is 2.31. The third kappa shape index (κ3) is 2.10. The van der Waals surface area contributed by atoms with Gasteiger partial charge in [-0.05, 0) is 32.3 Å². The minimum absolute atomic E-state index is 0.364. The molecule has 0 amide bonds. The summed E-state index contributed by atoms with van der Waals surface area (Å²) in [6, 6.07) is 3.76. The molecule has 0 aromatic carbocycles. The van der Waals surface area contributed by atoms with Crippen molar-refractivity contribution in [2.45, 2.75) is 32.3 Å². The van der Waals surface area contributed by atoms with Crippen molar-refractivity contribution in [3.63, 3.8) is 0 Å². The van der Waals surface area contributed by atoms with Crippen LogP contribution < -0.4 is 4.74 Å². The SMILES string of the molecule is COc1cc(C)nc(-n2ccc3c2CCCC3O)n1. The molecule has 0 bridgehead atoms. The maximum absolute atomic E-state index is 10.00. The number of hydrogen-bond donors (Lipinski definition) is 1. The van der Waals surface area contributed by atoms with Crippen molar-refractivity contribution >= 4 is 0 Å².